The third kappa shape index (κ3) is 30.4. The highest BCUT2D eigenvalue weighted by molar-refractivity contribution is 7.07. The van der Waals surface area contributed by atoms with Crippen LogP contribution < -0.4 is 41.5 Å². The highest BCUT2D eigenvalue weighted by Gasteiger charge is 2.52. The molecule has 0 aliphatic carbocycles. The van der Waals surface area contributed by atoms with E-state index in [0.717, 1.165) is 33.2 Å². The molecule has 2 aliphatic heterocycles. The fourth-order valence-electron chi connectivity index (χ4n) is 17.6. The summed E-state index contributed by atoms with van der Waals surface area (Å²) in [5.41, 5.74) is 10.9. The molecule has 2 aliphatic rings. The van der Waals surface area contributed by atoms with Gasteiger partial charge in [0.1, 0.15) is 32.3 Å². The van der Waals surface area contributed by atoms with E-state index in [1.54, 1.807) is 35.0 Å². The quantitative estimate of drug-likeness (QED) is 0.108. The van der Waals surface area contributed by atoms with Gasteiger partial charge in [0, 0.05) is 29.4 Å². The van der Waals surface area contributed by atoms with Crippen LogP contribution in [-0.2, 0) is 13.3 Å². The van der Waals surface area contributed by atoms with Crippen molar-refractivity contribution in [2.75, 3.05) is 21.3 Å². The molecule has 0 fully saturated rings. The lowest BCUT2D eigenvalue weighted by Gasteiger charge is -2.47. The molecule has 0 amide bonds. The molecule has 0 atom stereocenters. The van der Waals surface area contributed by atoms with Crippen LogP contribution in [0.3, 0.4) is 0 Å². The number of benzene rings is 8. The van der Waals surface area contributed by atoms with Crippen LogP contribution in [0.25, 0.3) is 22.3 Å². The van der Waals surface area contributed by atoms with Crippen LogP contribution in [0.4, 0.5) is 0 Å². The summed E-state index contributed by atoms with van der Waals surface area (Å²) in [6.07, 6.45) is 0. The molecule has 0 N–H and O–H groups in total. The molecule has 2 heterocycles. The Bertz CT molecular complexity index is 3920. The fourth-order valence-corrected chi connectivity index (χ4v) is 45.6. The topological polar surface area (TPSA) is 27.7 Å². The first-order chi connectivity index (χ1) is 56.9. The SMILES string of the molecule is CC(C)(C)[Si](C)(C)C.CC(C)(C)[Si](C)(c1ccccc1)c1ccccc1.CC(C)(C)[Si](C)(c1ccccc1)c1ccccc1.CC(C)(C)[Si]1(C)c2ccccc2-c2ccccc21.CC(C)(C)[Si]1(C)c2ccccc2-c2ccccc21.CC(C)[Si](C)(C(C)C)C(C)(C)C.CC(C)[Si](C)(C(C)C)C(C)(C)C.CO[Si](C)(C(C)C)C(C)C.CO[Si](C)(C)C.CO[Si](C)(C)C. The molecule has 708 valence electrons. The Morgan fingerprint density at radius 2 is 0.381 bits per heavy atom. The Morgan fingerprint density at radius 3 is 0.476 bits per heavy atom. The van der Waals surface area contributed by atoms with Crippen molar-refractivity contribution < 1.29 is 13.3 Å². The highest BCUT2D eigenvalue weighted by Crippen LogP contribution is 2.52. The van der Waals surface area contributed by atoms with Crippen LogP contribution >= 0.6 is 0 Å². The number of rotatable bonds is 13. The average Bonchev–Trinajstić information content (AvgIpc) is 1.56. The largest absolute Gasteiger partial charge is 0.421 e. The van der Waals surface area contributed by atoms with Gasteiger partial charge in [-0.15, -0.1) is 0 Å². The molecule has 0 unspecified atom stereocenters. The first kappa shape index (κ1) is 120. The van der Waals surface area contributed by atoms with Gasteiger partial charge in [0.15, 0.2) is 25.0 Å². The second-order valence-electron chi connectivity index (χ2n) is 49.7. The van der Waals surface area contributed by atoms with Gasteiger partial charge in [-0.1, -0.05) is 549 Å². The summed E-state index contributed by atoms with van der Waals surface area (Å²) in [4.78, 5) is 0. The van der Waals surface area contributed by atoms with Crippen molar-refractivity contribution in [2.45, 2.75) is 402 Å². The summed E-state index contributed by atoms with van der Waals surface area (Å²) in [5, 5.41) is 15.4. The van der Waals surface area contributed by atoms with E-state index in [-0.39, 0.29) is 0 Å². The third-order valence-electron chi connectivity index (χ3n) is 32.1. The number of fused-ring (bicyclic) bond motifs is 6. The maximum atomic E-state index is 5.60. The Kier molecular flexibility index (Phi) is 45.3. The van der Waals surface area contributed by atoms with Crippen molar-refractivity contribution >= 4 is 123 Å². The van der Waals surface area contributed by atoms with Crippen LogP contribution in [0.15, 0.2) is 218 Å². The summed E-state index contributed by atoms with van der Waals surface area (Å²) in [7, 11) is -7.98. The third-order valence-corrected chi connectivity index (χ3v) is 84.6. The monoisotopic (exact) mass is 1880 g/mol. The molecule has 0 bridgehead atoms. The Balaban J connectivity index is 0.000000715. The van der Waals surface area contributed by atoms with E-state index in [4.69, 9.17) is 13.3 Å². The molecule has 0 radical (unpaired) electrons. The molecule has 0 spiro atoms. The molecule has 8 aromatic carbocycles. The standard InChI is InChI=1S/2C17H20Si.2C17H22Si.2C11H26Si.C8H20OSi.C7H18Si.2C4H12OSi/c2*1-17(2,3)18(4)15-11-7-5-9-13(15)14-10-6-8-12-16(14)18;2*1-17(2,3)18(4,15-11-7-5-8-12-15)16-13-9-6-10-14-16;2*1-9(2)12(8,10(3)4)11(5,6)7;1-7(2)10(6,9-5)8(3)4;1-7(2,3)8(4,5)6;2*1-5-6(2,3)4/h2*5-12H,1-4H3;2*5-14H,1-4H3;2*9-10H,1-8H3;7-8H,1-6H3;1-6H3;2*1-4H3. The van der Waals surface area contributed by atoms with E-state index in [0.29, 0.717) is 35.3 Å². The van der Waals surface area contributed by atoms with Crippen molar-refractivity contribution in [3.63, 3.8) is 0 Å². The lowest BCUT2D eigenvalue weighted by atomic mass is 10.1. The van der Waals surface area contributed by atoms with Crippen molar-refractivity contribution in [2.24, 2.45) is 0 Å². The van der Waals surface area contributed by atoms with Crippen molar-refractivity contribution in [1.29, 1.82) is 0 Å². The zero-order valence-corrected chi connectivity index (χ0v) is 102. The van der Waals surface area contributed by atoms with Gasteiger partial charge in [0.2, 0.25) is 0 Å². The van der Waals surface area contributed by atoms with E-state index in [1.807, 2.05) is 7.11 Å². The average molecular weight is 1890 g/mol. The van der Waals surface area contributed by atoms with Gasteiger partial charge in [-0.05, 0) is 135 Å². The number of hydrogen-bond donors (Lipinski definition) is 0. The normalized spacial score (nSPS) is 14.0. The van der Waals surface area contributed by atoms with Crippen LogP contribution in [0.5, 0.6) is 0 Å². The molecular formula is C113H198O3Si10. The van der Waals surface area contributed by atoms with Gasteiger partial charge in [-0.25, -0.2) is 0 Å². The van der Waals surface area contributed by atoms with Gasteiger partial charge in [0.05, 0.1) is 16.1 Å². The van der Waals surface area contributed by atoms with Crippen LogP contribution in [0.2, 0.25) is 173 Å². The molecule has 8 aromatic rings. The van der Waals surface area contributed by atoms with Gasteiger partial charge in [-0.2, -0.15) is 0 Å². The summed E-state index contributed by atoms with van der Waals surface area (Å²) in [5.74, 6) is 0. The summed E-state index contributed by atoms with van der Waals surface area (Å²) < 4.78 is 15.8. The predicted molar refractivity (Wildman–Crippen MR) is 608 cm³/mol. The first-order valence-corrected chi connectivity index (χ1v) is 76.4. The van der Waals surface area contributed by atoms with E-state index < -0.39 is 81.5 Å². The molecule has 0 aromatic heterocycles. The minimum Gasteiger partial charge on any atom is -0.421 e. The van der Waals surface area contributed by atoms with Crippen LogP contribution in [0, 0.1) is 0 Å². The number of hydrogen-bond acceptors (Lipinski definition) is 3. The van der Waals surface area contributed by atoms with Crippen molar-refractivity contribution in [3.05, 3.63) is 218 Å². The smallest absolute Gasteiger partial charge is 0.194 e. The lowest BCUT2D eigenvalue weighted by molar-refractivity contribution is 0.378. The second kappa shape index (κ2) is 47.6. The van der Waals surface area contributed by atoms with Gasteiger partial charge in [0.25, 0.3) is 0 Å². The summed E-state index contributed by atoms with van der Waals surface area (Å²) in [6.45, 7) is 116. The summed E-state index contributed by atoms with van der Waals surface area (Å²) in [6, 6.07) is 80.1. The van der Waals surface area contributed by atoms with E-state index in [1.165, 1.54) is 43.0 Å². The molecule has 126 heavy (non-hydrogen) atoms. The van der Waals surface area contributed by atoms with Crippen molar-refractivity contribution in [3.8, 4) is 22.3 Å². The zero-order valence-electron chi connectivity index (χ0n) is 92.0. The van der Waals surface area contributed by atoms with Crippen LogP contribution in [-0.4, -0.2) is 103 Å². The molecule has 0 saturated carbocycles. The Hall–Kier alpha value is -4.19. The maximum absolute atomic E-state index is 5.60. The first-order valence-electron chi connectivity index (χ1n) is 48.2. The Morgan fingerprint density at radius 1 is 0.222 bits per heavy atom. The minimum absolute atomic E-state index is 0.301. The Labute approximate surface area is 793 Å². The fraction of sp³-hybridized carbons (Fsp3) is 0.575. The molecule has 13 heteroatoms. The molecule has 3 nitrogen and oxygen atoms in total. The summed E-state index contributed by atoms with van der Waals surface area (Å²) >= 11 is 0. The van der Waals surface area contributed by atoms with Gasteiger partial charge < -0.3 is 13.3 Å². The second-order valence-corrected chi connectivity index (χ2v) is 102. The van der Waals surface area contributed by atoms with Crippen LogP contribution in [0.1, 0.15) is 228 Å². The zero-order chi connectivity index (χ0) is 98.5. The van der Waals surface area contributed by atoms with E-state index in [9.17, 15) is 0 Å². The van der Waals surface area contributed by atoms with E-state index >= 15 is 0 Å². The lowest BCUT2D eigenvalue weighted by Crippen LogP contribution is -2.61. The van der Waals surface area contributed by atoms with Gasteiger partial charge in [-0.3, -0.25) is 0 Å². The minimum atomic E-state index is -1.70. The maximum Gasteiger partial charge on any atom is 0.194 e. The van der Waals surface area contributed by atoms with Gasteiger partial charge >= 0.3 is 0 Å². The predicted octanol–water partition coefficient (Wildman–Crippen LogP) is 33.1. The molecule has 10 rings (SSSR count). The molecule has 0 saturated heterocycles. The highest BCUT2D eigenvalue weighted by atomic mass is 28.4. The molecular weight excluding hydrogens is 1690 g/mol. The van der Waals surface area contributed by atoms with E-state index in [2.05, 4.69) is 552 Å². The van der Waals surface area contributed by atoms with Crippen molar-refractivity contribution in [1.82, 2.24) is 0 Å².